The molecule has 1 heterocycles. The predicted octanol–water partition coefficient (Wildman–Crippen LogP) is 3.56. The van der Waals surface area contributed by atoms with Gasteiger partial charge in [-0.3, -0.25) is 4.79 Å². The minimum absolute atomic E-state index is 0.151. The van der Waals surface area contributed by atoms with Crippen molar-refractivity contribution in [2.45, 2.75) is 6.92 Å². The molecule has 0 aliphatic heterocycles. The van der Waals surface area contributed by atoms with E-state index in [2.05, 4.69) is 10.5 Å². The Balaban J connectivity index is 1.76. The van der Waals surface area contributed by atoms with E-state index in [1.807, 2.05) is 60.2 Å². The van der Waals surface area contributed by atoms with E-state index in [1.54, 1.807) is 0 Å². The van der Waals surface area contributed by atoms with Crippen LogP contribution in [0.1, 0.15) is 27.2 Å². The number of hydrogen-bond donors (Lipinski definition) is 1. The second-order valence-electron chi connectivity index (χ2n) is 5.60. The first-order chi connectivity index (χ1) is 12.6. The van der Waals surface area contributed by atoms with Crippen LogP contribution in [-0.2, 0) is 0 Å². The molecular weight excluding hydrogens is 331 g/mol. The van der Waals surface area contributed by atoms with Gasteiger partial charge < -0.3 is 4.57 Å². The average Bonchev–Trinajstić information content (AvgIpc) is 3.10. The minimum atomic E-state index is -0.764. The van der Waals surface area contributed by atoms with Crippen molar-refractivity contribution < 1.29 is 9.18 Å². The highest BCUT2D eigenvalue weighted by atomic mass is 19.1. The number of amides is 1. The number of nitrogens with zero attached hydrogens (tertiary/aromatic N) is 3. The molecule has 0 aliphatic rings. The number of aryl methyl sites for hydroxylation is 1. The predicted molar refractivity (Wildman–Crippen MR) is 96.7 cm³/mol. The molecule has 0 bridgehead atoms. The molecule has 128 valence electrons. The van der Waals surface area contributed by atoms with Crippen LogP contribution in [-0.4, -0.2) is 16.7 Å². The third-order valence-corrected chi connectivity index (χ3v) is 3.86. The quantitative estimate of drug-likeness (QED) is 0.580. The Hall–Kier alpha value is -3.72. The van der Waals surface area contributed by atoms with Crippen LogP contribution in [0.2, 0.25) is 0 Å². The van der Waals surface area contributed by atoms with Gasteiger partial charge in [0.1, 0.15) is 5.82 Å². The third kappa shape index (κ3) is 3.52. The van der Waals surface area contributed by atoms with Crippen LogP contribution < -0.4 is 5.43 Å². The van der Waals surface area contributed by atoms with Crippen molar-refractivity contribution in [1.82, 2.24) is 9.99 Å². The summed E-state index contributed by atoms with van der Waals surface area (Å²) in [5, 5.41) is 12.6. The molecule has 0 spiro atoms. The Morgan fingerprint density at radius 1 is 1.23 bits per heavy atom. The molecule has 0 atom stereocenters. The van der Waals surface area contributed by atoms with E-state index >= 15 is 0 Å². The monoisotopic (exact) mass is 346 g/mol. The zero-order valence-corrected chi connectivity index (χ0v) is 14.0. The molecule has 26 heavy (non-hydrogen) atoms. The van der Waals surface area contributed by atoms with Gasteiger partial charge in [-0.05, 0) is 48.9 Å². The number of aromatic nitrogens is 1. The average molecular weight is 346 g/mol. The Kier molecular flexibility index (Phi) is 4.90. The molecule has 0 aliphatic carbocycles. The van der Waals surface area contributed by atoms with Gasteiger partial charge in [-0.15, -0.1) is 0 Å². The highest BCUT2D eigenvalue weighted by Crippen LogP contribution is 2.16. The maximum absolute atomic E-state index is 13.9. The second kappa shape index (κ2) is 7.45. The lowest BCUT2D eigenvalue weighted by atomic mass is 10.1. The number of nitriles is 1. The summed E-state index contributed by atoms with van der Waals surface area (Å²) < 4.78 is 15.8. The fraction of sp³-hybridized carbons (Fsp3) is 0.0500. The van der Waals surface area contributed by atoms with Gasteiger partial charge in [0.25, 0.3) is 5.91 Å². The number of nitrogens with one attached hydrogen (secondary N) is 1. The van der Waals surface area contributed by atoms with Crippen LogP contribution >= 0.6 is 0 Å². The molecule has 5 nitrogen and oxygen atoms in total. The SMILES string of the molecule is Cc1ccccc1-n1cccc1C=NNC(=O)c1ccc(C#N)cc1F. The lowest BCUT2D eigenvalue weighted by molar-refractivity contribution is 0.0951. The van der Waals surface area contributed by atoms with Gasteiger partial charge in [0.05, 0.1) is 29.1 Å². The number of carbonyl (C=O) groups is 1. The molecular formula is C20H15FN4O. The maximum Gasteiger partial charge on any atom is 0.274 e. The summed E-state index contributed by atoms with van der Waals surface area (Å²) in [4.78, 5) is 12.0. The first kappa shape index (κ1) is 17.1. The molecule has 1 N–H and O–H groups in total. The lowest BCUT2D eigenvalue weighted by Crippen LogP contribution is -2.19. The number of benzene rings is 2. The summed E-state index contributed by atoms with van der Waals surface area (Å²) in [7, 11) is 0. The molecule has 0 saturated heterocycles. The number of hydrogen-bond acceptors (Lipinski definition) is 3. The van der Waals surface area contributed by atoms with E-state index in [9.17, 15) is 9.18 Å². The van der Waals surface area contributed by atoms with E-state index in [-0.39, 0.29) is 11.1 Å². The number of carbonyl (C=O) groups excluding carboxylic acids is 1. The first-order valence-corrected chi connectivity index (χ1v) is 7.86. The Labute approximate surface area is 150 Å². The molecule has 6 heteroatoms. The fourth-order valence-corrected chi connectivity index (χ4v) is 2.54. The van der Waals surface area contributed by atoms with Crippen molar-refractivity contribution in [3.05, 3.63) is 89.0 Å². The number of halogens is 1. The molecule has 0 unspecified atom stereocenters. The number of para-hydroxylation sites is 1. The molecule has 0 fully saturated rings. The fourth-order valence-electron chi connectivity index (χ4n) is 2.54. The standard InChI is InChI=1S/C20H15FN4O/c1-14-5-2-3-7-19(14)25-10-4-6-16(25)13-23-24-20(26)17-9-8-15(12-22)11-18(17)21/h2-11,13H,1H3,(H,24,26). The van der Waals surface area contributed by atoms with E-state index in [0.717, 1.165) is 23.0 Å². The van der Waals surface area contributed by atoms with E-state index in [1.165, 1.54) is 18.3 Å². The molecule has 1 aromatic heterocycles. The largest absolute Gasteiger partial charge is 0.315 e. The molecule has 3 rings (SSSR count). The smallest absolute Gasteiger partial charge is 0.274 e. The lowest BCUT2D eigenvalue weighted by Gasteiger charge is -2.09. The number of rotatable bonds is 4. The highest BCUT2D eigenvalue weighted by molar-refractivity contribution is 5.95. The summed E-state index contributed by atoms with van der Waals surface area (Å²) in [6, 6.07) is 17.1. The minimum Gasteiger partial charge on any atom is -0.315 e. The van der Waals surface area contributed by atoms with Gasteiger partial charge in [-0.1, -0.05) is 18.2 Å². The zero-order chi connectivity index (χ0) is 18.5. The highest BCUT2D eigenvalue weighted by Gasteiger charge is 2.11. The van der Waals surface area contributed by atoms with Crippen LogP contribution in [0.4, 0.5) is 4.39 Å². The van der Waals surface area contributed by atoms with Crippen molar-refractivity contribution in [3.63, 3.8) is 0 Å². The van der Waals surface area contributed by atoms with Crippen LogP contribution in [0.15, 0.2) is 65.9 Å². The van der Waals surface area contributed by atoms with Crippen molar-refractivity contribution >= 4 is 12.1 Å². The summed E-state index contributed by atoms with van der Waals surface area (Å²) in [5.74, 6) is -1.45. The van der Waals surface area contributed by atoms with Gasteiger partial charge >= 0.3 is 0 Å². The summed E-state index contributed by atoms with van der Waals surface area (Å²) >= 11 is 0. The Morgan fingerprint density at radius 2 is 2.04 bits per heavy atom. The van der Waals surface area contributed by atoms with Crippen molar-refractivity contribution in [2.24, 2.45) is 5.10 Å². The molecule has 2 aromatic carbocycles. The van der Waals surface area contributed by atoms with Crippen LogP contribution in [0.25, 0.3) is 5.69 Å². The van der Waals surface area contributed by atoms with Gasteiger partial charge in [0.15, 0.2) is 0 Å². The van der Waals surface area contributed by atoms with Gasteiger partial charge in [0, 0.05) is 11.9 Å². The normalized spacial score (nSPS) is 10.7. The number of hydrazone groups is 1. The van der Waals surface area contributed by atoms with Crippen molar-refractivity contribution in [1.29, 1.82) is 5.26 Å². The van der Waals surface area contributed by atoms with Crippen LogP contribution in [0.5, 0.6) is 0 Å². The van der Waals surface area contributed by atoms with Gasteiger partial charge in [0.2, 0.25) is 0 Å². The Bertz CT molecular complexity index is 1030. The topological polar surface area (TPSA) is 70.2 Å². The van der Waals surface area contributed by atoms with Crippen molar-refractivity contribution in [3.8, 4) is 11.8 Å². The molecule has 0 saturated carbocycles. The summed E-state index contributed by atoms with van der Waals surface area (Å²) in [6.07, 6.45) is 3.39. The maximum atomic E-state index is 13.9. The van der Waals surface area contributed by atoms with E-state index in [0.29, 0.717) is 0 Å². The summed E-state index contributed by atoms with van der Waals surface area (Å²) in [6.45, 7) is 2.01. The zero-order valence-electron chi connectivity index (χ0n) is 14.0. The molecule has 1 amide bonds. The first-order valence-electron chi connectivity index (χ1n) is 7.86. The second-order valence-corrected chi connectivity index (χ2v) is 5.60. The third-order valence-electron chi connectivity index (χ3n) is 3.86. The van der Waals surface area contributed by atoms with E-state index in [4.69, 9.17) is 5.26 Å². The summed E-state index contributed by atoms with van der Waals surface area (Å²) in [5.41, 5.74) is 5.15. The molecule has 3 aromatic rings. The van der Waals surface area contributed by atoms with Gasteiger partial charge in [-0.2, -0.15) is 10.4 Å². The van der Waals surface area contributed by atoms with E-state index < -0.39 is 11.7 Å². The Morgan fingerprint density at radius 3 is 2.77 bits per heavy atom. The van der Waals surface area contributed by atoms with Crippen LogP contribution in [0.3, 0.4) is 0 Å². The van der Waals surface area contributed by atoms with Crippen molar-refractivity contribution in [2.75, 3.05) is 0 Å². The van der Waals surface area contributed by atoms with Crippen LogP contribution in [0, 0.1) is 24.1 Å². The van der Waals surface area contributed by atoms with Gasteiger partial charge in [-0.25, -0.2) is 9.82 Å². The molecule has 0 radical (unpaired) electrons.